The van der Waals surface area contributed by atoms with E-state index in [2.05, 4.69) is 43.5 Å². The van der Waals surface area contributed by atoms with Crippen LogP contribution in [0.5, 0.6) is 0 Å². The van der Waals surface area contributed by atoms with E-state index in [0.717, 1.165) is 64.2 Å². The van der Waals surface area contributed by atoms with Crippen LogP contribution >= 0.6 is 0 Å². The van der Waals surface area contributed by atoms with E-state index in [1.54, 1.807) is 0 Å². The van der Waals surface area contributed by atoms with Crippen LogP contribution in [-0.2, 0) is 14.3 Å². The molecule has 4 N–H and O–H groups in total. The quantitative estimate of drug-likeness (QED) is 0.0595. The van der Waals surface area contributed by atoms with Crippen LogP contribution in [0.3, 0.4) is 0 Å². The number of carbonyl (C=O) groups is 3. The molecule has 0 radical (unpaired) electrons. The number of carbonyl (C=O) groups excluding carboxylic acids is 3. The van der Waals surface area contributed by atoms with Crippen LogP contribution in [0.15, 0.2) is 24.3 Å². The van der Waals surface area contributed by atoms with Gasteiger partial charge >= 0.3 is 6.09 Å². The highest BCUT2D eigenvalue weighted by Gasteiger charge is 2.24. The first-order chi connectivity index (χ1) is 15.6. The Kier molecular flexibility index (Phi) is 20.6. The number of unbranched alkanes of at least 4 members (excludes halogenated alkanes) is 7. The summed E-state index contributed by atoms with van der Waals surface area (Å²) in [5.41, 5.74) is 1.93. The van der Waals surface area contributed by atoms with Gasteiger partial charge in [-0.2, -0.15) is 0 Å². The van der Waals surface area contributed by atoms with E-state index in [9.17, 15) is 14.4 Å². The number of rotatable bonds is 20. The molecule has 0 aromatic rings. The molecule has 0 aliphatic rings. The number of aldehydes is 1. The van der Waals surface area contributed by atoms with E-state index in [0.29, 0.717) is 6.29 Å². The molecule has 32 heavy (non-hydrogen) atoms. The van der Waals surface area contributed by atoms with E-state index in [1.165, 1.54) is 19.3 Å². The lowest BCUT2D eigenvalue weighted by Crippen LogP contribution is -2.42. The van der Waals surface area contributed by atoms with Gasteiger partial charge < -0.3 is 10.1 Å². The first kappa shape index (κ1) is 29.9. The van der Waals surface area contributed by atoms with Gasteiger partial charge in [0.2, 0.25) is 0 Å². The lowest BCUT2D eigenvalue weighted by molar-refractivity contribution is -0.120. The minimum Gasteiger partial charge on any atom is -0.438 e. The zero-order valence-corrected chi connectivity index (χ0v) is 20.2. The Morgan fingerprint density at radius 2 is 1.56 bits per heavy atom. The maximum absolute atomic E-state index is 12.0. The van der Waals surface area contributed by atoms with Gasteiger partial charge in [-0.25, -0.2) is 10.6 Å². The normalized spacial score (nSPS) is 13.2. The van der Waals surface area contributed by atoms with Crippen LogP contribution in [0.4, 0.5) is 4.79 Å². The number of amides is 2. The lowest BCUT2D eigenvalue weighted by Gasteiger charge is -2.23. The molecule has 0 fully saturated rings. The van der Waals surface area contributed by atoms with Crippen molar-refractivity contribution < 1.29 is 19.1 Å². The largest absolute Gasteiger partial charge is 0.438 e. The van der Waals surface area contributed by atoms with E-state index in [-0.39, 0.29) is 12.5 Å². The van der Waals surface area contributed by atoms with Crippen LogP contribution in [0.25, 0.3) is 0 Å². The van der Waals surface area contributed by atoms with Crippen molar-refractivity contribution in [3.63, 3.8) is 0 Å². The Morgan fingerprint density at radius 1 is 0.906 bits per heavy atom. The molecule has 0 rings (SSSR count). The molecular formula is C25H45N3O4. The Labute approximate surface area is 194 Å². The first-order valence-electron chi connectivity index (χ1n) is 12.3. The molecule has 0 aliphatic heterocycles. The molecular weight excluding hydrogens is 406 g/mol. The van der Waals surface area contributed by atoms with E-state index >= 15 is 0 Å². The fourth-order valence-electron chi connectivity index (χ4n) is 3.49. The number of nitrogens with one attached hydrogen (secondary N) is 2. The average molecular weight is 452 g/mol. The summed E-state index contributed by atoms with van der Waals surface area (Å²) >= 11 is 0. The number of nitrogens with two attached hydrogens (primary N) is 1. The topological polar surface area (TPSA) is 111 Å². The first-order valence-corrected chi connectivity index (χ1v) is 12.3. The molecule has 0 aromatic carbocycles. The summed E-state index contributed by atoms with van der Waals surface area (Å²) in [5, 5.41) is 2.32. The maximum atomic E-state index is 12.0. The summed E-state index contributed by atoms with van der Waals surface area (Å²) in [6.07, 6.45) is 21.6. The third-order valence-corrected chi connectivity index (χ3v) is 5.36. The second kappa shape index (κ2) is 22.1. The number of hydrogen-bond donors (Lipinski definition) is 3. The minimum absolute atomic E-state index is 0.00191. The van der Waals surface area contributed by atoms with E-state index in [4.69, 9.17) is 10.6 Å². The van der Waals surface area contributed by atoms with Gasteiger partial charge in [-0.05, 0) is 38.5 Å². The molecule has 0 aliphatic carbocycles. The van der Waals surface area contributed by atoms with Gasteiger partial charge in [0.25, 0.3) is 5.91 Å². The van der Waals surface area contributed by atoms with Gasteiger partial charge in [-0.3, -0.25) is 15.0 Å². The molecule has 184 valence electrons. The summed E-state index contributed by atoms with van der Waals surface area (Å²) < 4.78 is 5.32. The second-order valence-electron chi connectivity index (χ2n) is 8.11. The Balaban J connectivity index is 4.49. The molecule has 2 unspecified atom stereocenters. The molecule has 7 heteroatoms. The maximum Gasteiger partial charge on any atom is 0.408 e. The van der Waals surface area contributed by atoms with E-state index in [1.807, 2.05) is 5.43 Å². The Bertz CT molecular complexity index is 549. The highest BCUT2D eigenvalue weighted by atomic mass is 16.6. The molecule has 0 spiro atoms. The molecule has 0 saturated heterocycles. The molecule has 0 bridgehead atoms. The zero-order valence-electron chi connectivity index (χ0n) is 20.2. The zero-order chi connectivity index (χ0) is 23.9. The third kappa shape index (κ3) is 17.5. The number of alkyl carbamates (subject to hydrolysis) is 1. The van der Waals surface area contributed by atoms with Crippen molar-refractivity contribution in [2.45, 2.75) is 103 Å². The fourth-order valence-corrected chi connectivity index (χ4v) is 3.49. The van der Waals surface area contributed by atoms with E-state index < -0.39 is 18.1 Å². The van der Waals surface area contributed by atoms with Crippen molar-refractivity contribution in [3.05, 3.63) is 24.3 Å². The summed E-state index contributed by atoms with van der Waals surface area (Å²) in [7, 11) is 0. The van der Waals surface area contributed by atoms with Crippen molar-refractivity contribution in [2.75, 3.05) is 6.54 Å². The van der Waals surface area contributed by atoms with Crippen molar-refractivity contribution in [1.29, 1.82) is 0 Å². The summed E-state index contributed by atoms with van der Waals surface area (Å²) in [4.78, 5) is 34.8. The van der Waals surface area contributed by atoms with Crippen LogP contribution < -0.4 is 16.6 Å². The Hall–Kier alpha value is -2.15. The highest BCUT2D eigenvalue weighted by molar-refractivity contribution is 5.82. The van der Waals surface area contributed by atoms with Gasteiger partial charge in [0.1, 0.15) is 6.54 Å². The predicted molar refractivity (Wildman–Crippen MR) is 130 cm³/mol. The number of hydrogen-bond acceptors (Lipinski definition) is 5. The smallest absolute Gasteiger partial charge is 0.408 e. The molecule has 0 saturated carbocycles. The van der Waals surface area contributed by atoms with Crippen molar-refractivity contribution >= 4 is 18.3 Å². The van der Waals surface area contributed by atoms with Gasteiger partial charge in [-0.1, -0.05) is 83.1 Å². The van der Waals surface area contributed by atoms with Crippen molar-refractivity contribution in [2.24, 2.45) is 11.8 Å². The average Bonchev–Trinajstić information content (AvgIpc) is 2.80. The lowest BCUT2D eigenvalue weighted by atomic mass is 9.90. The fraction of sp³-hybridized carbons (Fsp3) is 0.720. The standard InChI is InChI=1S/C25H45N3O4/c1-3-5-7-9-10-11-12-13-15-17-19-22(18-16-14-8-6-4-2)23(21-29)32-25(31)27-20-24(30)28-26/h5,7,10-11,21-23H,3-4,6,8-9,12-20,26H2,1-2H3,(H,27,31)(H,28,30)/b7-5+,11-10+. The van der Waals surface area contributed by atoms with Crippen LogP contribution in [0, 0.1) is 5.92 Å². The molecule has 0 heterocycles. The second-order valence-corrected chi connectivity index (χ2v) is 8.11. The summed E-state index contributed by atoms with van der Waals surface area (Å²) in [6.45, 7) is 4.02. The van der Waals surface area contributed by atoms with Crippen LogP contribution in [-0.4, -0.2) is 30.9 Å². The van der Waals surface area contributed by atoms with Crippen molar-refractivity contribution in [3.8, 4) is 0 Å². The van der Waals surface area contributed by atoms with Crippen molar-refractivity contribution in [1.82, 2.24) is 10.7 Å². The van der Waals surface area contributed by atoms with Crippen LogP contribution in [0.1, 0.15) is 97.3 Å². The molecule has 2 atom stereocenters. The molecule has 2 amide bonds. The highest BCUT2D eigenvalue weighted by Crippen LogP contribution is 2.23. The summed E-state index contributed by atoms with van der Waals surface area (Å²) in [6, 6.07) is 0. The number of hydrazine groups is 1. The molecule has 0 aromatic heterocycles. The predicted octanol–water partition coefficient (Wildman–Crippen LogP) is 5.11. The third-order valence-electron chi connectivity index (χ3n) is 5.36. The molecule has 7 nitrogen and oxygen atoms in total. The van der Waals surface area contributed by atoms with Gasteiger partial charge in [0.15, 0.2) is 12.4 Å². The number of allylic oxidation sites excluding steroid dienone is 4. The van der Waals surface area contributed by atoms with Gasteiger partial charge in [0.05, 0.1) is 0 Å². The minimum atomic E-state index is -0.799. The van der Waals surface area contributed by atoms with Gasteiger partial charge in [0, 0.05) is 5.92 Å². The van der Waals surface area contributed by atoms with Crippen LogP contribution in [0.2, 0.25) is 0 Å². The van der Waals surface area contributed by atoms with Gasteiger partial charge in [-0.15, -0.1) is 0 Å². The SMILES string of the molecule is CC/C=C/C/C=C/CCCCCC(CCCCCCC)C(C=O)OC(=O)NCC(=O)NN. The Morgan fingerprint density at radius 3 is 2.19 bits per heavy atom. The number of ether oxygens (including phenoxy) is 1. The monoisotopic (exact) mass is 451 g/mol. The summed E-state index contributed by atoms with van der Waals surface area (Å²) in [5.74, 6) is 4.46.